The van der Waals surface area contributed by atoms with Crippen LogP contribution in [0.4, 0.5) is 17.1 Å². The topological polar surface area (TPSA) is 109 Å². The number of nitrogens with one attached hydrogen (secondary N) is 2. The van der Waals surface area contributed by atoms with Gasteiger partial charge in [-0.1, -0.05) is 30.3 Å². The largest absolute Gasteiger partial charge is 0.299 e. The summed E-state index contributed by atoms with van der Waals surface area (Å²) >= 11 is 0. The molecule has 0 aliphatic rings. The molecule has 0 aliphatic carbocycles. The van der Waals surface area contributed by atoms with Crippen LogP contribution in [-0.2, 0) is 10.0 Å². The van der Waals surface area contributed by atoms with E-state index in [1.165, 1.54) is 4.68 Å². The number of hydrogen-bond donors (Lipinski definition) is 2. The van der Waals surface area contributed by atoms with Crippen LogP contribution in [0.3, 0.4) is 0 Å². The highest BCUT2D eigenvalue weighted by atomic mass is 32.2. The van der Waals surface area contributed by atoms with Gasteiger partial charge in [0.25, 0.3) is 5.56 Å². The van der Waals surface area contributed by atoms with Crippen LogP contribution in [0.25, 0.3) is 5.69 Å². The molecule has 3 aromatic rings. The zero-order valence-electron chi connectivity index (χ0n) is 14.2. The molecule has 134 valence electrons. The molecule has 0 bridgehead atoms. The first-order valence-corrected chi connectivity index (χ1v) is 9.60. The van der Waals surface area contributed by atoms with Gasteiger partial charge in [0.15, 0.2) is 5.69 Å². The predicted molar refractivity (Wildman–Crippen MR) is 100 cm³/mol. The average molecular weight is 371 g/mol. The number of sulfonamides is 1. The lowest BCUT2D eigenvalue weighted by Gasteiger charge is -2.05. The number of rotatable bonds is 5. The monoisotopic (exact) mass is 371 g/mol. The lowest BCUT2D eigenvalue weighted by atomic mass is 10.3. The van der Waals surface area contributed by atoms with Crippen LogP contribution in [0.15, 0.2) is 69.6 Å². The summed E-state index contributed by atoms with van der Waals surface area (Å²) in [6.45, 7) is 1.72. The summed E-state index contributed by atoms with van der Waals surface area (Å²) in [6.07, 6.45) is 1.05. The number of nitrogens with zero attached hydrogens (tertiary/aromatic N) is 3. The van der Waals surface area contributed by atoms with Crippen molar-refractivity contribution >= 4 is 27.1 Å². The molecule has 1 aromatic heterocycles. The molecule has 0 radical (unpaired) electrons. The second-order valence-electron chi connectivity index (χ2n) is 5.65. The van der Waals surface area contributed by atoms with E-state index < -0.39 is 10.0 Å². The summed E-state index contributed by atoms with van der Waals surface area (Å²) in [7, 11) is -3.45. The Bertz CT molecular complexity index is 1110. The van der Waals surface area contributed by atoms with E-state index in [9.17, 15) is 13.2 Å². The molecule has 8 nitrogen and oxygen atoms in total. The van der Waals surface area contributed by atoms with Crippen molar-refractivity contribution in [3.05, 3.63) is 70.6 Å². The van der Waals surface area contributed by atoms with Crippen molar-refractivity contribution in [2.24, 2.45) is 10.2 Å². The fourth-order valence-electron chi connectivity index (χ4n) is 2.37. The van der Waals surface area contributed by atoms with Crippen LogP contribution in [0.1, 0.15) is 5.69 Å². The maximum Gasteiger partial charge on any atom is 0.299 e. The van der Waals surface area contributed by atoms with Gasteiger partial charge in [-0.25, -0.2) is 13.1 Å². The molecule has 0 fully saturated rings. The van der Waals surface area contributed by atoms with E-state index in [-0.39, 0.29) is 16.9 Å². The molecular formula is C17H17N5O3S. The first-order valence-electron chi connectivity index (χ1n) is 7.71. The van der Waals surface area contributed by atoms with Crippen LogP contribution >= 0.6 is 0 Å². The van der Waals surface area contributed by atoms with E-state index >= 15 is 0 Å². The van der Waals surface area contributed by atoms with E-state index in [0.717, 1.165) is 6.26 Å². The van der Waals surface area contributed by atoms with Crippen LogP contribution in [0.2, 0.25) is 0 Å². The van der Waals surface area contributed by atoms with Crippen molar-refractivity contribution in [1.29, 1.82) is 0 Å². The normalized spacial score (nSPS) is 11.8. The van der Waals surface area contributed by atoms with Gasteiger partial charge in [-0.3, -0.25) is 14.6 Å². The Kier molecular flexibility index (Phi) is 4.72. The zero-order chi connectivity index (χ0) is 18.7. The maximum atomic E-state index is 12.6. The summed E-state index contributed by atoms with van der Waals surface area (Å²) in [6, 6.07) is 15.7. The zero-order valence-corrected chi connectivity index (χ0v) is 15.0. The van der Waals surface area contributed by atoms with E-state index in [1.54, 1.807) is 43.3 Å². The highest BCUT2D eigenvalue weighted by Crippen LogP contribution is 2.27. The molecule has 0 atom stereocenters. The SMILES string of the molecule is Cc1[nH]n(-c2ccccc2)c(=O)c1N=Nc1ccccc1NS(C)(=O)=O. The number of benzene rings is 2. The molecule has 9 heteroatoms. The molecule has 2 N–H and O–H groups in total. The quantitative estimate of drug-likeness (QED) is 0.672. The Morgan fingerprint density at radius 2 is 1.65 bits per heavy atom. The van der Waals surface area contributed by atoms with Gasteiger partial charge in [0.1, 0.15) is 5.69 Å². The fourth-order valence-corrected chi connectivity index (χ4v) is 2.94. The van der Waals surface area contributed by atoms with Crippen molar-refractivity contribution in [2.75, 3.05) is 11.0 Å². The summed E-state index contributed by atoms with van der Waals surface area (Å²) in [5, 5.41) is 11.0. The van der Waals surface area contributed by atoms with Crippen molar-refractivity contribution in [2.45, 2.75) is 6.92 Å². The minimum absolute atomic E-state index is 0.156. The minimum Gasteiger partial charge on any atom is -0.293 e. The first-order chi connectivity index (χ1) is 12.3. The Hall–Kier alpha value is -3.20. The third-order valence-corrected chi connectivity index (χ3v) is 4.10. The second kappa shape index (κ2) is 6.96. The van der Waals surface area contributed by atoms with Gasteiger partial charge in [-0.2, -0.15) is 0 Å². The number of anilines is 1. The number of azo groups is 1. The van der Waals surface area contributed by atoms with Gasteiger partial charge in [-0.05, 0) is 31.2 Å². The van der Waals surface area contributed by atoms with Gasteiger partial charge in [0.2, 0.25) is 10.0 Å². The summed E-state index contributed by atoms with van der Waals surface area (Å²) < 4.78 is 26.7. The highest BCUT2D eigenvalue weighted by Gasteiger charge is 2.12. The van der Waals surface area contributed by atoms with Gasteiger partial charge in [-0.15, -0.1) is 10.2 Å². The molecule has 2 aromatic carbocycles. The Morgan fingerprint density at radius 1 is 1.00 bits per heavy atom. The van der Waals surface area contributed by atoms with Crippen LogP contribution in [0, 0.1) is 6.92 Å². The first kappa shape index (κ1) is 17.6. The fraction of sp³-hybridized carbons (Fsp3) is 0.118. The number of H-pyrrole nitrogens is 1. The number of aromatic amines is 1. The van der Waals surface area contributed by atoms with Crippen LogP contribution in [0.5, 0.6) is 0 Å². The smallest absolute Gasteiger partial charge is 0.293 e. The Balaban J connectivity index is 1.98. The van der Waals surface area contributed by atoms with Crippen LogP contribution < -0.4 is 10.3 Å². The molecular weight excluding hydrogens is 354 g/mol. The molecule has 1 heterocycles. The second-order valence-corrected chi connectivity index (χ2v) is 7.40. The third-order valence-electron chi connectivity index (χ3n) is 3.51. The molecule has 0 amide bonds. The van der Waals surface area contributed by atoms with Crippen molar-refractivity contribution in [3.63, 3.8) is 0 Å². The molecule has 0 aliphatic heterocycles. The molecule has 0 unspecified atom stereocenters. The highest BCUT2D eigenvalue weighted by molar-refractivity contribution is 7.92. The lowest BCUT2D eigenvalue weighted by Crippen LogP contribution is -2.13. The Morgan fingerprint density at radius 3 is 2.35 bits per heavy atom. The van der Waals surface area contributed by atoms with Crippen LogP contribution in [-0.4, -0.2) is 24.5 Å². The van der Waals surface area contributed by atoms with E-state index in [1.807, 2.05) is 18.2 Å². The number of aromatic nitrogens is 2. The van der Waals surface area contributed by atoms with Crippen molar-refractivity contribution in [3.8, 4) is 5.69 Å². The molecule has 26 heavy (non-hydrogen) atoms. The van der Waals surface area contributed by atoms with Gasteiger partial charge in [0.05, 0.1) is 23.3 Å². The maximum absolute atomic E-state index is 12.6. The molecule has 0 saturated carbocycles. The summed E-state index contributed by atoms with van der Waals surface area (Å²) in [5.41, 5.74) is 1.64. The molecule has 0 spiro atoms. The van der Waals surface area contributed by atoms with E-state index in [4.69, 9.17) is 0 Å². The number of para-hydroxylation sites is 2. The number of aryl methyl sites for hydroxylation is 1. The summed E-state index contributed by atoms with van der Waals surface area (Å²) in [4.78, 5) is 12.6. The Labute approximate surface area is 150 Å². The van der Waals surface area contributed by atoms with Crippen molar-refractivity contribution < 1.29 is 8.42 Å². The van der Waals surface area contributed by atoms with Gasteiger partial charge in [0, 0.05) is 0 Å². The summed E-state index contributed by atoms with van der Waals surface area (Å²) in [5.74, 6) is 0. The van der Waals surface area contributed by atoms with Crippen molar-refractivity contribution in [1.82, 2.24) is 9.78 Å². The molecule has 0 saturated heterocycles. The number of hydrogen-bond acceptors (Lipinski definition) is 5. The average Bonchev–Trinajstić information content (AvgIpc) is 2.88. The minimum atomic E-state index is -3.45. The predicted octanol–water partition coefficient (Wildman–Crippen LogP) is 3.26. The third kappa shape index (κ3) is 3.89. The van der Waals surface area contributed by atoms with Gasteiger partial charge >= 0.3 is 0 Å². The van der Waals surface area contributed by atoms with E-state index in [2.05, 4.69) is 20.0 Å². The van der Waals surface area contributed by atoms with Gasteiger partial charge < -0.3 is 0 Å². The van der Waals surface area contributed by atoms with E-state index in [0.29, 0.717) is 17.1 Å². The molecule has 3 rings (SSSR count). The lowest BCUT2D eigenvalue weighted by molar-refractivity contribution is 0.607. The standard InChI is InChI=1S/C17H17N5O3S/c1-12-16(17(23)22(20-12)13-8-4-3-5-9-13)19-18-14-10-6-7-11-15(14)21-26(2,24)25/h3-11,20-21H,1-2H3.